The van der Waals surface area contributed by atoms with Gasteiger partial charge in [-0.2, -0.15) is 5.26 Å². The van der Waals surface area contributed by atoms with Gasteiger partial charge in [-0.3, -0.25) is 0 Å². The van der Waals surface area contributed by atoms with Gasteiger partial charge in [0.15, 0.2) is 0 Å². The van der Waals surface area contributed by atoms with Gasteiger partial charge in [0.1, 0.15) is 5.82 Å². The van der Waals surface area contributed by atoms with Crippen molar-refractivity contribution in [2.75, 3.05) is 0 Å². The Kier molecular flexibility index (Phi) is 7.06. The molecule has 1 unspecified atom stereocenters. The maximum atomic E-state index is 9.04. The molecule has 1 heterocycles. The summed E-state index contributed by atoms with van der Waals surface area (Å²) in [7, 11) is 0. The number of nitriles is 1. The van der Waals surface area contributed by atoms with Crippen molar-refractivity contribution in [1.82, 2.24) is 9.97 Å². The van der Waals surface area contributed by atoms with Crippen LogP contribution in [0.25, 0.3) is 0 Å². The van der Waals surface area contributed by atoms with Crippen LogP contribution in [0.2, 0.25) is 0 Å². The van der Waals surface area contributed by atoms with E-state index in [2.05, 4.69) is 32.3 Å². The second-order valence-electron chi connectivity index (χ2n) is 8.86. The smallest absolute Gasteiger partial charge is 0.131 e. The summed E-state index contributed by atoms with van der Waals surface area (Å²) in [5.41, 5.74) is 1.35. The van der Waals surface area contributed by atoms with Crippen LogP contribution in [0.1, 0.15) is 108 Å². The molecule has 3 rings (SSSR count). The molecular formula is C23H35N3. The van der Waals surface area contributed by atoms with Crippen LogP contribution < -0.4 is 0 Å². The normalized spacial score (nSPS) is 30.5. The van der Waals surface area contributed by atoms with E-state index in [-0.39, 0.29) is 5.92 Å². The third-order valence-electron chi connectivity index (χ3n) is 7.05. The highest BCUT2D eigenvalue weighted by Crippen LogP contribution is 2.38. The molecule has 0 aromatic carbocycles. The molecule has 0 saturated heterocycles. The zero-order chi connectivity index (χ0) is 18.4. The lowest BCUT2D eigenvalue weighted by Crippen LogP contribution is -2.16. The highest BCUT2D eigenvalue weighted by molar-refractivity contribution is 5.14. The average Bonchev–Trinajstić information content (AvgIpc) is 2.72. The van der Waals surface area contributed by atoms with Gasteiger partial charge in [-0.05, 0) is 74.7 Å². The van der Waals surface area contributed by atoms with Crippen LogP contribution in [0, 0.1) is 29.1 Å². The summed E-state index contributed by atoms with van der Waals surface area (Å²) < 4.78 is 0. The van der Waals surface area contributed by atoms with Crippen LogP contribution in [0.15, 0.2) is 12.4 Å². The Morgan fingerprint density at radius 2 is 1.62 bits per heavy atom. The van der Waals surface area contributed by atoms with Crippen molar-refractivity contribution in [3.05, 3.63) is 23.8 Å². The van der Waals surface area contributed by atoms with E-state index in [0.29, 0.717) is 11.8 Å². The molecular weight excluding hydrogens is 318 g/mol. The van der Waals surface area contributed by atoms with E-state index in [1.807, 2.05) is 0 Å². The third kappa shape index (κ3) is 5.06. The van der Waals surface area contributed by atoms with Gasteiger partial charge in [0.05, 0.1) is 6.07 Å². The molecule has 3 nitrogen and oxygen atoms in total. The molecule has 26 heavy (non-hydrogen) atoms. The Hall–Kier alpha value is -1.43. The lowest BCUT2D eigenvalue weighted by atomic mass is 9.77. The van der Waals surface area contributed by atoms with Crippen molar-refractivity contribution in [2.24, 2.45) is 17.8 Å². The summed E-state index contributed by atoms with van der Waals surface area (Å²) in [6.45, 7) is 4.69. The number of aromatic nitrogens is 2. The van der Waals surface area contributed by atoms with E-state index in [1.165, 1.54) is 50.5 Å². The summed E-state index contributed by atoms with van der Waals surface area (Å²) >= 11 is 0. The first-order valence-corrected chi connectivity index (χ1v) is 10.9. The molecule has 3 heteroatoms. The van der Waals surface area contributed by atoms with Gasteiger partial charge in [-0.25, -0.2) is 9.97 Å². The van der Waals surface area contributed by atoms with E-state index in [4.69, 9.17) is 15.2 Å². The zero-order valence-electron chi connectivity index (χ0n) is 16.7. The van der Waals surface area contributed by atoms with Gasteiger partial charge < -0.3 is 0 Å². The third-order valence-corrected chi connectivity index (χ3v) is 7.05. The Morgan fingerprint density at radius 1 is 1.00 bits per heavy atom. The second-order valence-corrected chi connectivity index (χ2v) is 8.86. The van der Waals surface area contributed by atoms with Gasteiger partial charge in [0.25, 0.3) is 0 Å². The fraction of sp³-hybridized carbons (Fsp3) is 0.783. The zero-order valence-corrected chi connectivity index (χ0v) is 16.7. The fourth-order valence-corrected chi connectivity index (χ4v) is 4.76. The number of rotatable bonds is 6. The minimum absolute atomic E-state index is 0.251. The first kappa shape index (κ1) is 19.3. The molecule has 0 bridgehead atoms. The summed E-state index contributed by atoms with van der Waals surface area (Å²) in [5, 5.41) is 9.04. The summed E-state index contributed by atoms with van der Waals surface area (Å²) in [6.07, 6.45) is 17.9. The monoisotopic (exact) mass is 353 g/mol. The minimum atomic E-state index is 0.251. The van der Waals surface area contributed by atoms with E-state index in [9.17, 15) is 0 Å². The van der Waals surface area contributed by atoms with E-state index >= 15 is 0 Å². The van der Waals surface area contributed by atoms with Crippen molar-refractivity contribution in [3.8, 4) is 6.07 Å². The van der Waals surface area contributed by atoms with E-state index in [1.54, 1.807) is 0 Å². The predicted molar refractivity (Wildman–Crippen MR) is 106 cm³/mol. The Morgan fingerprint density at radius 3 is 2.19 bits per heavy atom. The highest BCUT2D eigenvalue weighted by Gasteiger charge is 2.26. The molecule has 0 radical (unpaired) electrons. The molecule has 0 N–H and O–H groups in total. The first-order valence-electron chi connectivity index (χ1n) is 10.9. The molecule has 0 spiro atoms. The molecule has 0 aliphatic heterocycles. The molecule has 1 aromatic heterocycles. The Bertz CT molecular complexity index is 572. The summed E-state index contributed by atoms with van der Waals surface area (Å²) in [5.74, 6) is 4.21. The summed E-state index contributed by atoms with van der Waals surface area (Å²) in [6, 6.07) is 2.41. The van der Waals surface area contributed by atoms with Crippen LogP contribution in [0.5, 0.6) is 0 Å². The van der Waals surface area contributed by atoms with Gasteiger partial charge in [0, 0.05) is 24.2 Å². The Labute approximate surface area is 159 Å². The molecule has 2 aliphatic rings. The summed E-state index contributed by atoms with van der Waals surface area (Å²) in [4.78, 5) is 9.45. The average molecular weight is 354 g/mol. The lowest BCUT2D eigenvalue weighted by molar-refractivity contribution is 0.288. The van der Waals surface area contributed by atoms with E-state index in [0.717, 1.165) is 43.3 Å². The SMILES string of the molecule is CCC(C)CC[C@H]1CC[C@H](c2cnc([C@H]3CC[C@H](C#N)CC3)nc2)CC1. The van der Waals surface area contributed by atoms with Crippen LogP contribution in [-0.2, 0) is 0 Å². The number of hydrogen-bond acceptors (Lipinski definition) is 3. The maximum Gasteiger partial charge on any atom is 0.131 e. The molecule has 2 fully saturated rings. The van der Waals surface area contributed by atoms with Crippen molar-refractivity contribution in [2.45, 2.75) is 96.3 Å². The van der Waals surface area contributed by atoms with Gasteiger partial charge >= 0.3 is 0 Å². The van der Waals surface area contributed by atoms with Crippen LogP contribution in [-0.4, -0.2) is 9.97 Å². The molecule has 2 aliphatic carbocycles. The van der Waals surface area contributed by atoms with Gasteiger partial charge in [0.2, 0.25) is 0 Å². The van der Waals surface area contributed by atoms with Crippen molar-refractivity contribution >= 4 is 0 Å². The van der Waals surface area contributed by atoms with Gasteiger partial charge in [-0.15, -0.1) is 0 Å². The fourth-order valence-electron chi connectivity index (χ4n) is 4.76. The number of hydrogen-bond donors (Lipinski definition) is 0. The highest BCUT2D eigenvalue weighted by atomic mass is 14.9. The minimum Gasteiger partial charge on any atom is -0.241 e. The van der Waals surface area contributed by atoms with E-state index < -0.39 is 0 Å². The standard InChI is InChI=1S/C23H35N3/c1-3-17(2)4-5-18-6-10-20(11-7-18)22-15-25-23(26-16-22)21-12-8-19(14-24)9-13-21/h15-21H,3-13H2,1-2H3/t17?,18-,19-,20-,21-. The van der Waals surface area contributed by atoms with Crippen LogP contribution >= 0.6 is 0 Å². The first-order chi connectivity index (χ1) is 12.7. The molecule has 2 saturated carbocycles. The molecule has 1 aromatic rings. The quantitative estimate of drug-likeness (QED) is 0.596. The molecule has 142 valence electrons. The maximum absolute atomic E-state index is 9.04. The van der Waals surface area contributed by atoms with Crippen LogP contribution in [0.4, 0.5) is 0 Å². The topological polar surface area (TPSA) is 49.6 Å². The van der Waals surface area contributed by atoms with Gasteiger partial charge in [-0.1, -0.05) is 33.1 Å². The number of nitrogens with zero attached hydrogens (tertiary/aromatic N) is 3. The van der Waals surface area contributed by atoms with Crippen molar-refractivity contribution in [3.63, 3.8) is 0 Å². The largest absolute Gasteiger partial charge is 0.241 e. The Balaban J connectivity index is 1.47. The predicted octanol–water partition coefficient (Wildman–Crippen LogP) is 6.37. The molecule has 1 atom stereocenters. The molecule has 0 amide bonds. The lowest BCUT2D eigenvalue weighted by Gasteiger charge is -2.29. The van der Waals surface area contributed by atoms with Crippen molar-refractivity contribution < 1.29 is 0 Å². The van der Waals surface area contributed by atoms with Crippen LogP contribution in [0.3, 0.4) is 0 Å². The second kappa shape index (κ2) is 9.49. The van der Waals surface area contributed by atoms with Crippen molar-refractivity contribution in [1.29, 1.82) is 5.26 Å².